The molecule has 214 valence electrons. The van der Waals surface area contributed by atoms with Crippen LogP contribution >= 0.6 is 0 Å². The van der Waals surface area contributed by atoms with E-state index in [0.717, 1.165) is 43.5 Å². The summed E-state index contributed by atoms with van der Waals surface area (Å²) >= 11 is 0. The van der Waals surface area contributed by atoms with E-state index in [1.807, 2.05) is 12.1 Å². The van der Waals surface area contributed by atoms with Crippen molar-refractivity contribution >= 4 is 11.9 Å². The van der Waals surface area contributed by atoms with Crippen molar-refractivity contribution in [2.75, 3.05) is 34.1 Å². The van der Waals surface area contributed by atoms with E-state index in [2.05, 4.69) is 11.0 Å². The molecule has 3 aliphatic heterocycles. The van der Waals surface area contributed by atoms with Crippen molar-refractivity contribution in [2.24, 2.45) is 0 Å². The molecule has 0 aromatic heterocycles. The zero-order valence-electron chi connectivity index (χ0n) is 23.2. The highest BCUT2D eigenvalue weighted by atomic mass is 16.7. The monoisotopic (exact) mass is 547 g/mol. The Balaban J connectivity index is 1.50. The molecule has 1 fully saturated rings. The lowest BCUT2D eigenvalue weighted by Crippen LogP contribution is -2.49. The van der Waals surface area contributed by atoms with Gasteiger partial charge in [0.1, 0.15) is 5.76 Å². The first-order valence-corrected chi connectivity index (χ1v) is 13.7. The van der Waals surface area contributed by atoms with Gasteiger partial charge in [0.25, 0.3) is 0 Å². The summed E-state index contributed by atoms with van der Waals surface area (Å²) in [5, 5.41) is 21.6. The predicted octanol–water partition coefficient (Wildman–Crippen LogP) is 2.58. The van der Waals surface area contributed by atoms with Crippen LogP contribution in [0.3, 0.4) is 0 Å². The number of esters is 2. The molecular weight excluding hydrogens is 508 g/mol. The molecule has 3 heterocycles. The Kier molecular flexibility index (Phi) is 7.32. The fourth-order valence-electron chi connectivity index (χ4n) is 6.71. The Labute approximate surface area is 228 Å². The minimum absolute atomic E-state index is 0.0686. The standard InChI is InChI=1S/C29H39NO9/c1-27(2,33)8-5-10-29(34,16-23(31)36-4)26(32)39-25-22(35-3)15-28-9-6-11-30(28)12-7-18-13-20-21(38-17-37-20)14-19(18)24(25)28/h13-15,24-25,33-34H,5-12,16-17H2,1-4H3/t24-,25-,28+,29-/m1/s1/i12+2. The Morgan fingerprint density at radius 2 is 1.92 bits per heavy atom. The molecule has 39 heavy (non-hydrogen) atoms. The van der Waals surface area contributed by atoms with Gasteiger partial charge in [0, 0.05) is 6.54 Å². The second-order valence-electron chi connectivity index (χ2n) is 11.7. The molecule has 1 spiro atoms. The molecule has 10 nitrogen and oxygen atoms in total. The topological polar surface area (TPSA) is 124 Å². The summed E-state index contributed by atoms with van der Waals surface area (Å²) in [6.45, 7) is 5.21. The number of carbonyl (C=O) groups is 2. The average molecular weight is 548 g/mol. The smallest absolute Gasteiger partial charge is 0.339 e. The first-order valence-electron chi connectivity index (χ1n) is 13.7. The van der Waals surface area contributed by atoms with Gasteiger partial charge in [-0.3, -0.25) is 9.69 Å². The summed E-state index contributed by atoms with van der Waals surface area (Å²) in [6, 6.07) is 4.00. The van der Waals surface area contributed by atoms with Gasteiger partial charge in [-0.25, -0.2) is 4.79 Å². The van der Waals surface area contributed by atoms with E-state index < -0.39 is 41.2 Å². The molecule has 0 radical (unpaired) electrons. The molecule has 0 bridgehead atoms. The molecule has 1 aromatic carbocycles. The van der Waals surface area contributed by atoms with Crippen molar-refractivity contribution in [1.29, 1.82) is 0 Å². The third kappa shape index (κ3) is 5.10. The predicted molar refractivity (Wildman–Crippen MR) is 139 cm³/mol. The van der Waals surface area contributed by atoms with Gasteiger partial charge in [0.05, 0.1) is 37.7 Å². The van der Waals surface area contributed by atoms with Crippen LogP contribution in [0.4, 0.5) is 0 Å². The van der Waals surface area contributed by atoms with Crippen molar-refractivity contribution < 1.29 is 43.5 Å². The normalized spacial score (nSPS) is 27.0. The first kappa shape index (κ1) is 27.7. The molecule has 0 unspecified atom stereocenters. The third-order valence-corrected chi connectivity index (χ3v) is 8.62. The van der Waals surface area contributed by atoms with Crippen molar-refractivity contribution in [2.45, 2.75) is 87.6 Å². The minimum atomic E-state index is -2.12. The van der Waals surface area contributed by atoms with E-state index in [4.69, 9.17) is 23.7 Å². The van der Waals surface area contributed by atoms with Crippen LogP contribution in [0, 0.1) is 0 Å². The Bertz CT molecular complexity index is 1160. The van der Waals surface area contributed by atoms with E-state index >= 15 is 0 Å². The molecule has 0 saturated carbocycles. The second-order valence-corrected chi connectivity index (χ2v) is 11.7. The SMILES string of the molecule is COC(=O)C[C@](O)(CCCC(C)(C)O)C(=O)O[C@@H]1C(OC)=C[C@]23CCCN2[14CH2]Cc2cc4c(cc2[C@H]13)OCO4. The molecule has 10 heteroatoms. The van der Waals surface area contributed by atoms with Crippen LogP contribution in [0.15, 0.2) is 24.0 Å². The number of ether oxygens (including phenoxy) is 5. The largest absolute Gasteiger partial charge is 0.497 e. The number of methoxy groups -OCH3 is 2. The fraction of sp³-hybridized carbons (Fsp3) is 0.655. The summed E-state index contributed by atoms with van der Waals surface area (Å²) in [5.41, 5.74) is -1.42. The van der Waals surface area contributed by atoms with Crippen molar-refractivity contribution in [3.05, 3.63) is 35.1 Å². The highest BCUT2D eigenvalue weighted by Crippen LogP contribution is 2.55. The molecule has 0 amide bonds. The molecule has 1 saturated heterocycles. The van der Waals surface area contributed by atoms with Gasteiger partial charge >= 0.3 is 11.9 Å². The summed E-state index contributed by atoms with van der Waals surface area (Å²) in [5.74, 6) is -0.0645. The Morgan fingerprint density at radius 3 is 2.62 bits per heavy atom. The van der Waals surface area contributed by atoms with Crippen LogP contribution < -0.4 is 9.47 Å². The second kappa shape index (κ2) is 10.3. The number of hydrogen-bond donors (Lipinski definition) is 2. The highest BCUT2D eigenvalue weighted by molar-refractivity contribution is 5.86. The van der Waals surface area contributed by atoms with Gasteiger partial charge < -0.3 is 33.9 Å². The number of rotatable bonds is 9. The maximum Gasteiger partial charge on any atom is 0.339 e. The summed E-state index contributed by atoms with van der Waals surface area (Å²) < 4.78 is 28.1. The molecule has 1 aliphatic carbocycles. The number of hydrogen-bond acceptors (Lipinski definition) is 10. The average Bonchev–Trinajstić information content (AvgIpc) is 3.56. The number of carbonyl (C=O) groups excluding carboxylic acids is 2. The summed E-state index contributed by atoms with van der Waals surface area (Å²) in [4.78, 5) is 28.4. The van der Waals surface area contributed by atoms with Crippen LogP contribution in [0.2, 0.25) is 0 Å². The molecule has 5 rings (SSSR count). The van der Waals surface area contributed by atoms with Crippen LogP contribution in [0.25, 0.3) is 0 Å². The number of nitrogens with zero attached hydrogens (tertiary/aromatic N) is 1. The van der Waals surface area contributed by atoms with Gasteiger partial charge in [-0.05, 0) is 88.3 Å². The molecule has 1 aromatic rings. The van der Waals surface area contributed by atoms with Crippen LogP contribution in [-0.2, 0) is 30.2 Å². The van der Waals surface area contributed by atoms with E-state index in [1.54, 1.807) is 21.0 Å². The summed E-state index contributed by atoms with van der Waals surface area (Å²) in [7, 11) is 2.76. The van der Waals surface area contributed by atoms with Gasteiger partial charge in [0.15, 0.2) is 23.2 Å². The van der Waals surface area contributed by atoms with Crippen LogP contribution in [-0.4, -0.2) is 84.0 Å². The van der Waals surface area contributed by atoms with Crippen LogP contribution in [0.5, 0.6) is 11.5 Å². The number of fused-ring (bicyclic) bond motifs is 3. The molecule has 4 aliphatic rings. The molecule has 2 N–H and O–H groups in total. The zero-order valence-corrected chi connectivity index (χ0v) is 23.2. The quantitative estimate of drug-likeness (QED) is 0.446. The van der Waals surface area contributed by atoms with Gasteiger partial charge in [-0.15, -0.1) is 0 Å². The fourth-order valence-corrected chi connectivity index (χ4v) is 6.71. The lowest BCUT2D eigenvalue weighted by atomic mass is 9.77. The maximum atomic E-state index is 13.8. The van der Waals surface area contributed by atoms with E-state index in [9.17, 15) is 19.8 Å². The van der Waals surface area contributed by atoms with Gasteiger partial charge in [-0.2, -0.15) is 0 Å². The van der Waals surface area contributed by atoms with Gasteiger partial charge in [0.2, 0.25) is 6.79 Å². The molecular formula is C29H39NO9. The Morgan fingerprint density at radius 1 is 1.18 bits per heavy atom. The van der Waals surface area contributed by atoms with Gasteiger partial charge in [-0.1, -0.05) is 0 Å². The Hall–Kier alpha value is -2.82. The first-order chi connectivity index (χ1) is 18.5. The van der Waals surface area contributed by atoms with Crippen LogP contribution in [0.1, 0.15) is 69.4 Å². The number of benzene rings is 1. The van der Waals surface area contributed by atoms with E-state index in [1.165, 1.54) is 7.11 Å². The summed E-state index contributed by atoms with van der Waals surface area (Å²) in [6.07, 6.45) is 3.94. The highest BCUT2D eigenvalue weighted by Gasteiger charge is 2.59. The third-order valence-electron chi connectivity index (χ3n) is 8.62. The van der Waals surface area contributed by atoms with E-state index in [-0.39, 0.29) is 19.1 Å². The zero-order chi connectivity index (χ0) is 28.0. The van der Waals surface area contributed by atoms with Crippen molar-refractivity contribution in [3.8, 4) is 11.5 Å². The van der Waals surface area contributed by atoms with E-state index in [0.29, 0.717) is 30.1 Å². The van der Waals surface area contributed by atoms with Crippen molar-refractivity contribution in [1.82, 2.24) is 4.90 Å². The lowest BCUT2D eigenvalue weighted by molar-refractivity contribution is -0.178. The van der Waals surface area contributed by atoms with Crippen molar-refractivity contribution in [3.63, 3.8) is 0 Å². The number of aliphatic hydroxyl groups is 2. The minimum Gasteiger partial charge on any atom is -0.497 e. The molecule has 4 atom stereocenters. The lowest BCUT2D eigenvalue weighted by Gasteiger charge is -2.39. The maximum absolute atomic E-state index is 13.8.